The standard InChI is InChI=1S/C25H27FN6O3S/c1-31(2)12-11-27-25(33)29-18-8-9-21(22(26)15-18)17-7-10-23-24(13-17)32(16-28-23)20-6-4-5-19(14-20)30-36(3,34)35/h4-10,13-16,30H,11-12H2,1-3H3,(H2,27,29,33). The molecule has 0 atom stereocenters. The zero-order valence-corrected chi connectivity index (χ0v) is 20.9. The second-order valence-corrected chi connectivity index (χ2v) is 10.4. The molecule has 0 radical (unpaired) electrons. The van der Waals surface area contributed by atoms with Crippen molar-refractivity contribution in [2.24, 2.45) is 0 Å². The van der Waals surface area contributed by atoms with Crippen LogP contribution < -0.4 is 15.4 Å². The lowest BCUT2D eigenvalue weighted by molar-refractivity contribution is 0.250. The Morgan fingerprint density at radius 1 is 1.06 bits per heavy atom. The van der Waals surface area contributed by atoms with E-state index in [-0.39, 0.29) is 0 Å². The first-order chi connectivity index (χ1) is 17.1. The molecule has 11 heteroatoms. The molecule has 0 saturated carbocycles. The minimum atomic E-state index is -3.42. The first-order valence-electron chi connectivity index (χ1n) is 11.1. The second kappa shape index (κ2) is 10.3. The van der Waals surface area contributed by atoms with Crippen molar-refractivity contribution in [3.05, 3.63) is 72.8 Å². The molecule has 0 aliphatic heterocycles. The first kappa shape index (κ1) is 25.1. The van der Waals surface area contributed by atoms with Crippen LogP contribution in [-0.4, -0.2) is 62.3 Å². The van der Waals surface area contributed by atoms with Crippen molar-refractivity contribution < 1.29 is 17.6 Å². The summed E-state index contributed by atoms with van der Waals surface area (Å²) < 4.78 is 42.5. The summed E-state index contributed by atoms with van der Waals surface area (Å²) in [6, 6.07) is 16.4. The predicted octanol–water partition coefficient (Wildman–Crippen LogP) is 3.89. The minimum absolute atomic E-state index is 0.347. The number of fused-ring (bicyclic) bond motifs is 1. The molecule has 3 N–H and O–H groups in total. The zero-order valence-electron chi connectivity index (χ0n) is 20.1. The van der Waals surface area contributed by atoms with Gasteiger partial charge in [-0.25, -0.2) is 22.6 Å². The van der Waals surface area contributed by atoms with E-state index in [0.29, 0.717) is 46.8 Å². The van der Waals surface area contributed by atoms with Crippen molar-refractivity contribution in [2.45, 2.75) is 0 Å². The van der Waals surface area contributed by atoms with Crippen molar-refractivity contribution in [3.63, 3.8) is 0 Å². The monoisotopic (exact) mass is 510 g/mol. The largest absolute Gasteiger partial charge is 0.337 e. The molecule has 0 unspecified atom stereocenters. The molecule has 9 nitrogen and oxygen atoms in total. The van der Waals surface area contributed by atoms with Crippen LogP contribution in [0, 0.1) is 5.82 Å². The molecule has 0 aliphatic rings. The van der Waals surface area contributed by atoms with E-state index in [1.54, 1.807) is 53.4 Å². The topological polar surface area (TPSA) is 108 Å². The Morgan fingerprint density at radius 2 is 1.86 bits per heavy atom. The summed E-state index contributed by atoms with van der Waals surface area (Å²) in [6.45, 7) is 1.17. The summed E-state index contributed by atoms with van der Waals surface area (Å²) >= 11 is 0. The zero-order chi connectivity index (χ0) is 25.9. The highest BCUT2D eigenvalue weighted by Gasteiger charge is 2.12. The second-order valence-electron chi connectivity index (χ2n) is 8.62. The number of imidazole rings is 1. The highest BCUT2D eigenvalue weighted by atomic mass is 32.2. The number of anilines is 2. The molecule has 0 aliphatic carbocycles. The van der Waals surface area contributed by atoms with Crippen molar-refractivity contribution in [1.29, 1.82) is 0 Å². The normalized spacial score (nSPS) is 11.6. The van der Waals surface area contributed by atoms with Crippen LogP contribution in [0.2, 0.25) is 0 Å². The first-order valence-corrected chi connectivity index (χ1v) is 13.0. The Bertz CT molecular complexity index is 1520. The Balaban J connectivity index is 1.59. The van der Waals surface area contributed by atoms with Crippen molar-refractivity contribution in [1.82, 2.24) is 19.8 Å². The van der Waals surface area contributed by atoms with E-state index in [1.807, 2.05) is 31.1 Å². The average molecular weight is 511 g/mol. The third-order valence-electron chi connectivity index (χ3n) is 5.36. The molecular weight excluding hydrogens is 483 g/mol. The van der Waals surface area contributed by atoms with Gasteiger partial charge in [0.05, 0.1) is 23.0 Å². The van der Waals surface area contributed by atoms with Crippen LogP contribution in [0.15, 0.2) is 67.0 Å². The van der Waals surface area contributed by atoms with E-state index >= 15 is 4.39 Å². The van der Waals surface area contributed by atoms with Crippen LogP contribution in [0.5, 0.6) is 0 Å². The van der Waals surface area contributed by atoms with Gasteiger partial charge in [0.25, 0.3) is 0 Å². The number of amides is 2. The SMILES string of the molecule is CN(C)CCNC(=O)Nc1ccc(-c2ccc3ncn(-c4cccc(NS(C)(=O)=O)c4)c3c2)c(F)c1. The number of nitrogens with zero attached hydrogens (tertiary/aromatic N) is 3. The third-order valence-corrected chi connectivity index (χ3v) is 5.96. The number of hydrogen-bond acceptors (Lipinski definition) is 5. The van der Waals surface area contributed by atoms with Crippen LogP contribution in [0.3, 0.4) is 0 Å². The van der Waals surface area contributed by atoms with Crippen LogP contribution >= 0.6 is 0 Å². The molecule has 0 saturated heterocycles. The maximum atomic E-state index is 15.0. The number of benzene rings is 3. The molecule has 3 aromatic carbocycles. The van der Waals surface area contributed by atoms with Crippen LogP contribution in [0.4, 0.5) is 20.6 Å². The molecule has 188 valence electrons. The van der Waals surface area contributed by atoms with Crippen LogP contribution in [0.25, 0.3) is 27.8 Å². The number of likely N-dealkylation sites (N-methyl/N-ethyl adjacent to an activating group) is 1. The van der Waals surface area contributed by atoms with Crippen molar-refractivity contribution in [2.75, 3.05) is 43.5 Å². The maximum Gasteiger partial charge on any atom is 0.319 e. The van der Waals surface area contributed by atoms with E-state index in [2.05, 4.69) is 20.3 Å². The highest BCUT2D eigenvalue weighted by molar-refractivity contribution is 7.92. The third kappa shape index (κ3) is 6.18. The Kier molecular flexibility index (Phi) is 7.22. The molecule has 0 bridgehead atoms. The summed E-state index contributed by atoms with van der Waals surface area (Å²) in [5.41, 5.74) is 3.90. The quantitative estimate of drug-likeness (QED) is 0.333. The van der Waals surface area contributed by atoms with E-state index in [0.717, 1.165) is 11.8 Å². The fourth-order valence-corrected chi connectivity index (χ4v) is 4.26. The van der Waals surface area contributed by atoms with Gasteiger partial charge in [0, 0.05) is 30.0 Å². The smallest absolute Gasteiger partial charge is 0.319 e. The van der Waals surface area contributed by atoms with Crippen LogP contribution in [-0.2, 0) is 10.0 Å². The predicted molar refractivity (Wildman–Crippen MR) is 141 cm³/mol. The van der Waals surface area contributed by atoms with Crippen molar-refractivity contribution >= 4 is 38.5 Å². The van der Waals surface area contributed by atoms with E-state index < -0.39 is 21.9 Å². The summed E-state index contributed by atoms with van der Waals surface area (Å²) in [4.78, 5) is 18.4. The number of rotatable bonds is 8. The van der Waals surface area contributed by atoms with Gasteiger partial charge in [0.1, 0.15) is 12.1 Å². The number of carbonyl (C=O) groups is 1. The summed E-state index contributed by atoms with van der Waals surface area (Å²) in [7, 11) is 0.395. The molecule has 4 aromatic rings. The van der Waals surface area contributed by atoms with Crippen molar-refractivity contribution in [3.8, 4) is 16.8 Å². The Hall–Kier alpha value is -3.96. The highest BCUT2D eigenvalue weighted by Crippen LogP contribution is 2.29. The summed E-state index contributed by atoms with van der Waals surface area (Å²) in [6.07, 6.45) is 2.72. The number of nitrogens with one attached hydrogen (secondary N) is 3. The van der Waals surface area contributed by atoms with E-state index in [9.17, 15) is 13.2 Å². The average Bonchev–Trinajstić information content (AvgIpc) is 3.21. The molecule has 4 rings (SSSR count). The van der Waals surface area contributed by atoms with Gasteiger partial charge in [-0.1, -0.05) is 12.1 Å². The molecule has 0 spiro atoms. The van der Waals surface area contributed by atoms with E-state index in [4.69, 9.17) is 0 Å². The fourth-order valence-electron chi connectivity index (χ4n) is 3.71. The van der Waals surface area contributed by atoms with Gasteiger partial charge in [-0.2, -0.15) is 0 Å². The van der Waals surface area contributed by atoms with Gasteiger partial charge in [-0.3, -0.25) is 9.29 Å². The summed E-state index contributed by atoms with van der Waals surface area (Å²) in [5, 5.41) is 5.36. The maximum absolute atomic E-state index is 15.0. The molecule has 36 heavy (non-hydrogen) atoms. The Labute approximate surface area is 209 Å². The number of sulfonamides is 1. The fraction of sp³-hybridized carbons (Fsp3) is 0.200. The van der Waals surface area contributed by atoms with Crippen LogP contribution in [0.1, 0.15) is 0 Å². The molecule has 1 aromatic heterocycles. The molecular formula is C25H27FN6O3S. The lowest BCUT2D eigenvalue weighted by atomic mass is 10.0. The lowest BCUT2D eigenvalue weighted by Crippen LogP contribution is -2.34. The van der Waals surface area contributed by atoms with Gasteiger partial charge < -0.3 is 15.5 Å². The van der Waals surface area contributed by atoms with Gasteiger partial charge in [0.15, 0.2) is 0 Å². The van der Waals surface area contributed by atoms with Gasteiger partial charge in [-0.15, -0.1) is 0 Å². The number of aromatic nitrogens is 2. The Morgan fingerprint density at radius 3 is 2.58 bits per heavy atom. The number of carbonyl (C=O) groups excluding carboxylic acids is 1. The molecule has 0 fully saturated rings. The van der Waals surface area contributed by atoms with E-state index in [1.165, 1.54) is 6.07 Å². The number of urea groups is 1. The number of hydrogen-bond donors (Lipinski definition) is 3. The minimum Gasteiger partial charge on any atom is -0.337 e. The molecule has 2 amide bonds. The van der Waals surface area contributed by atoms with Gasteiger partial charge in [-0.05, 0) is 68.2 Å². The summed E-state index contributed by atoms with van der Waals surface area (Å²) in [5.74, 6) is -0.481. The lowest BCUT2D eigenvalue weighted by Gasteiger charge is -2.12. The van der Waals surface area contributed by atoms with Gasteiger partial charge in [0.2, 0.25) is 10.0 Å². The van der Waals surface area contributed by atoms with Gasteiger partial charge >= 0.3 is 6.03 Å². The molecule has 1 heterocycles. The number of halogens is 1.